The maximum atomic E-state index is 12.7. The van der Waals surface area contributed by atoms with E-state index in [4.69, 9.17) is 0 Å². The fourth-order valence-corrected chi connectivity index (χ4v) is 3.43. The molecule has 0 aliphatic rings. The first kappa shape index (κ1) is 26.4. The van der Waals surface area contributed by atoms with Crippen molar-refractivity contribution in [3.63, 3.8) is 0 Å². The molecule has 0 saturated heterocycles. The van der Waals surface area contributed by atoms with E-state index in [0.29, 0.717) is 17.3 Å². The fraction of sp³-hybridized carbons (Fsp3) is 0.250. The monoisotopic (exact) mass is 503 g/mol. The van der Waals surface area contributed by atoms with E-state index >= 15 is 0 Å². The van der Waals surface area contributed by atoms with Gasteiger partial charge >= 0.3 is 12.1 Å². The largest absolute Gasteiger partial charge is 0.481 e. The number of halogens is 3. The predicted octanol–water partition coefficient (Wildman–Crippen LogP) is 3.86. The molecule has 3 N–H and O–H groups in total. The highest BCUT2D eigenvalue weighted by Crippen LogP contribution is 2.29. The van der Waals surface area contributed by atoms with Gasteiger partial charge in [0.05, 0.1) is 17.5 Å². The van der Waals surface area contributed by atoms with Crippen molar-refractivity contribution in [3.8, 4) is 0 Å². The van der Waals surface area contributed by atoms with Crippen LogP contribution in [0, 0.1) is 0 Å². The Morgan fingerprint density at radius 2 is 1.53 bits per heavy atom. The van der Waals surface area contributed by atoms with Gasteiger partial charge < -0.3 is 15.3 Å². The Morgan fingerprint density at radius 1 is 0.944 bits per heavy atom. The van der Waals surface area contributed by atoms with E-state index in [0.717, 1.165) is 34.9 Å². The lowest BCUT2D eigenvalue weighted by Crippen LogP contribution is -2.23. The summed E-state index contributed by atoms with van der Waals surface area (Å²) in [6.45, 7) is 0. The Kier molecular flexibility index (Phi) is 7.78. The molecular formula is C24H24F3N5O4. The molecule has 0 atom stereocenters. The third-order valence-electron chi connectivity index (χ3n) is 5.12. The molecule has 190 valence electrons. The molecule has 36 heavy (non-hydrogen) atoms. The van der Waals surface area contributed by atoms with Crippen molar-refractivity contribution in [2.24, 2.45) is 0 Å². The second kappa shape index (κ2) is 10.6. The van der Waals surface area contributed by atoms with Gasteiger partial charge in [0, 0.05) is 38.8 Å². The quantitative estimate of drug-likeness (QED) is 0.397. The lowest BCUT2D eigenvalue weighted by atomic mass is 10.1. The third-order valence-corrected chi connectivity index (χ3v) is 5.12. The van der Waals surface area contributed by atoms with Gasteiger partial charge in [0.25, 0.3) is 5.91 Å². The van der Waals surface area contributed by atoms with Crippen molar-refractivity contribution in [1.82, 2.24) is 9.97 Å². The van der Waals surface area contributed by atoms with Gasteiger partial charge in [-0.15, -0.1) is 0 Å². The second-order valence-corrected chi connectivity index (χ2v) is 8.16. The number of carbonyl (C=O) groups excluding carboxylic acids is 1. The summed E-state index contributed by atoms with van der Waals surface area (Å²) in [6, 6.07) is 10.6. The molecule has 0 radical (unpaired) electrons. The predicted molar refractivity (Wildman–Crippen MR) is 127 cm³/mol. The fourth-order valence-electron chi connectivity index (χ4n) is 3.43. The van der Waals surface area contributed by atoms with Gasteiger partial charge in [-0.1, -0.05) is 12.1 Å². The highest BCUT2D eigenvalue weighted by molar-refractivity contribution is 6.04. The van der Waals surface area contributed by atoms with Crippen LogP contribution in [0.2, 0.25) is 0 Å². The second-order valence-electron chi connectivity index (χ2n) is 8.16. The number of anilines is 3. The lowest BCUT2D eigenvalue weighted by molar-refractivity contribution is -0.138. The summed E-state index contributed by atoms with van der Waals surface area (Å²) in [5.41, 5.74) is 0.715. The maximum Gasteiger partial charge on any atom is 0.416 e. The van der Waals surface area contributed by atoms with Gasteiger partial charge in [-0.25, -0.2) is 15.0 Å². The zero-order valence-corrected chi connectivity index (χ0v) is 19.7. The molecule has 3 aromatic rings. The number of carboxylic acid groups (broad SMARTS) is 1. The summed E-state index contributed by atoms with van der Waals surface area (Å²) >= 11 is 0. The van der Waals surface area contributed by atoms with Crippen molar-refractivity contribution < 1.29 is 33.1 Å². The molecule has 0 spiro atoms. The van der Waals surface area contributed by atoms with E-state index in [1.165, 1.54) is 7.05 Å². The van der Waals surface area contributed by atoms with Gasteiger partial charge in [-0.05, 0) is 42.0 Å². The molecule has 1 aromatic heterocycles. The van der Waals surface area contributed by atoms with E-state index in [9.17, 15) is 33.1 Å². The van der Waals surface area contributed by atoms with Crippen LogP contribution < -0.4 is 15.3 Å². The van der Waals surface area contributed by atoms with Gasteiger partial charge in [0.15, 0.2) is 5.82 Å². The van der Waals surface area contributed by atoms with Crippen LogP contribution in [0.15, 0.2) is 48.5 Å². The zero-order chi connectivity index (χ0) is 26.6. The van der Waals surface area contributed by atoms with Crippen LogP contribution >= 0.6 is 0 Å². The first-order chi connectivity index (χ1) is 16.8. The Labute approximate surface area is 204 Å². The summed E-state index contributed by atoms with van der Waals surface area (Å²) in [6.07, 6.45) is -4.60. The Balaban J connectivity index is 1.77. The number of amides is 1. The van der Waals surface area contributed by atoms with E-state index < -0.39 is 23.6 Å². The molecule has 0 bridgehead atoms. The average Bonchev–Trinajstić information content (AvgIpc) is 2.80. The van der Waals surface area contributed by atoms with Crippen molar-refractivity contribution in [2.75, 3.05) is 36.4 Å². The third kappa shape index (κ3) is 6.48. The minimum absolute atomic E-state index is 0.0755. The zero-order valence-electron chi connectivity index (χ0n) is 19.7. The number of hydrogen-bond donors (Lipinski definition) is 3. The van der Waals surface area contributed by atoms with Gasteiger partial charge in [0.1, 0.15) is 11.6 Å². The average molecular weight is 503 g/mol. The minimum atomic E-state index is -4.48. The van der Waals surface area contributed by atoms with E-state index in [1.807, 2.05) is 0 Å². The van der Waals surface area contributed by atoms with Crippen LogP contribution in [0.4, 0.5) is 30.5 Å². The summed E-state index contributed by atoms with van der Waals surface area (Å²) in [5.74, 6) is -0.873. The van der Waals surface area contributed by atoms with Gasteiger partial charge in [0.2, 0.25) is 0 Å². The summed E-state index contributed by atoms with van der Waals surface area (Å²) in [7, 11) is 4.74. The Bertz CT molecular complexity index is 1220. The van der Waals surface area contributed by atoms with Crippen LogP contribution in [0.25, 0.3) is 0 Å². The molecule has 12 heteroatoms. The van der Waals surface area contributed by atoms with Crippen LogP contribution in [0.3, 0.4) is 0 Å². The van der Waals surface area contributed by atoms with Crippen LogP contribution in [-0.4, -0.2) is 53.3 Å². The number of aliphatic carboxylic acids is 1. The number of rotatable bonds is 8. The molecule has 3 rings (SSSR count). The molecule has 0 unspecified atom stereocenters. The molecule has 0 aliphatic carbocycles. The van der Waals surface area contributed by atoms with Crippen LogP contribution in [0.1, 0.15) is 32.9 Å². The number of benzene rings is 2. The SMILES string of the molecule is CN(C)c1nc(Cc2ccc(NC(=O)c3ccc(C(F)(F)F)cc3)cc2)nc(N(C)O)c1CC(=O)O. The lowest BCUT2D eigenvalue weighted by Gasteiger charge is -2.21. The number of nitrogens with one attached hydrogen (secondary N) is 1. The number of carbonyl (C=O) groups is 2. The summed E-state index contributed by atoms with van der Waals surface area (Å²) in [5, 5.41) is 22.6. The van der Waals surface area contributed by atoms with Crippen molar-refractivity contribution in [1.29, 1.82) is 0 Å². The Morgan fingerprint density at radius 3 is 2.03 bits per heavy atom. The van der Waals surface area contributed by atoms with Crippen LogP contribution in [0.5, 0.6) is 0 Å². The maximum absolute atomic E-state index is 12.7. The van der Waals surface area contributed by atoms with Crippen molar-refractivity contribution in [2.45, 2.75) is 19.0 Å². The molecule has 0 saturated carbocycles. The molecule has 2 aromatic carbocycles. The topological polar surface area (TPSA) is 119 Å². The van der Waals surface area contributed by atoms with Crippen LogP contribution in [-0.2, 0) is 23.8 Å². The molecule has 0 fully saturated rings. The molecule has 9 nitrogen and oxygen atoms in total. The summed E-state index contributed by atoms with van der Waals surface area (Å²) < 4.78 is 38.1. The van der Waals surface area contributed by atoms with Crippen molar-refractivity contribution in [3.05, 3.63) is 76.6 Å². The number of alkyl halides is 3. The molecule has 1 amide bonds. The van der Waals surface area contributed by atoms with E-state index in [-0.39, 0.29) is 29.8 Å². The normalized spacial score (nSPS) is 11.2. The highest BCUT2D eigenvalue weighted by atomic mass is 19.4. The minimum Gasteiger partial charge on any atom is -0.481 e. The smallest absolute Gasteiger partial charge is 0.416 e. The number of aromatic nitrogens is 2. The first-order valence-corrected chi connectivity index (χ1v) is 10.6. The number of hydrogen-bond acceptors (Lipinski definition) is 7. The molecule has 1 heterocycles. The highest BCUT2D eigenvalue weighted by Gasteiger charge is 2.30. The summed E-state index contributed by atoms with van der Waals surface area (Å²) in [4.78, 5) is 34.1. The Hall–Kier alpha value is -4.19. The van der Waals surface area contributed by atoms with Gasteiger partial charge in [-0.3, -0.25) is 14.8 Å². The number of hydroxylamine groups is 1. The van der Waals surface area contributed by atoms with E-state index in [1.54, 1.807) is 43.3 Å². The number of carboxylic acids is 1. The standard InChI is InChI=1S/C24H24F3N5O4/c1-31(2)21-18(13-20(33)34)22(32(3)36)30-19(29-21)12-14-4-10-17(11-5-14)28-23(35)15-6-8-16(9-7-15)24(25,26)27/h4-11,36H,12-13H2,1-3H3,(H,28,35)(H,33,34). The van der Waals surface area contributed by atoms with Crippen molar-refractivity contribution >= 4 is 29.2 Å². The first-order valence-electron chi connectivity index (χ1n) is 10.6. The van der Waals surface area contributed by atoms with E-state index in [2.05, 4.69) is 15.3 Å². The molecule has 0 aliphatic heterocycles. The van der Waals surface area contributed by atoms with Gasteiger partial charge in [-0.2, -0.15) is 13.2 Å². The number of nitrogens with zero attached hydrogens (tertiary/aromatic N) is 4. The molecular weight excluding hydrogens is 479 g/mol.